The molecule has 0 saturated heterocycles. The first kappa shape index (κ1) is 18.0. The second kappa shape index (κ2) is 6.20. The van der Waals surface area contributed by atoms with E-state index < -0.39 is 12.0 Å². The first-order valence-electron chi connectivity index (χ1n) is 8.60. The Balaban J connectivity index is 2.11. The lowest BCUT2D eigenvalue weighted by Crippen LogP contribution is -2.45. The molecule has 0 saturated carbocycles. The average Bonchev–Trinajstić information content (AvgIpc) is 2.58. The Hall–Kier alpha value is -2.76. The lowest BCUT2D eigenvalue weighted by molar-refractivity contribution is -0.136. The predicted molar refractivity (Wildman–Crippen MR) is 102 cm³/mol. The van der Waals surface area contributed by atoms with Gasteiger partial charge >= 0.3 is 12.0 Å². The molecule has 138 valence electrons. The zero-order valence-corrected chi connectivity index (χ0v) is 16.1. The fourth-order valence-corrected chi connectivity index (χ4v) is 3.68. The summed E-state index contributed by atoms with van der Waals surface area (Å²) in [7, 11) is 3.41. The molecule has 0 spiro atoms. The third kappa shape index (κ3) is 2.85. The van der Waals surface area contributed by atoms with Crippen LogP contribution in [-0.2, 0) is 9.53 Å². The monoisotopic (exact) mass is 355 g/mol. The Morgan fingerprint density at radius 3 is 2.62 bits per heavy atom. The van der Waals surface area contributed by atoms with Crippen LogP contribution in [0.5, 0.6) is 0 Å². The molecular weight excluding hydrogens is 330 g/mol. The Bertz CT molecular complexity index is 852. The largest absolute Gasteiger partial charge is 0.466 e. The van der Waals surface area contributed by atoms with E-state index in [1.165, 1.54) is 12.7 Å². The maximum absolute atomic E-state index is 12.3. The number of amides is 2. The number of ether oxygens (including phenoxy) is 1. The zero-order chi connectivity index (χ0) is 19.2. The van der Waals surface area contributed by atoms with Crippen molar-refractivity contribution in [3.63, 3.8) is 0 Å². The Morgan fingerprint density at radius 2 is 1.96 bits per heavy atom. The number of anilines is 1. The van der Waals surface area contributed by atoms with Crippen molar-refractivity contribution in [1.82, 2.24) is 10.6 Å². The second-order valence-corrected chi connectivity index (χ2v) is 7.38. The molecule has 0 aromatic heterocycles. The second-order valence-electron chi connectivity index (χ2n) is 7.38. The average molecular weight is 355 g/mol. The molecule has 1 unspecified atom stereocenters. The molecule has 2 N–H and O–H groups in total. The van der Waals surface area contributed by atoms with Gasteiger partial charge in [0, 0.05) is 24.0 Å². The summed E-state index contributed by atoms with van der Waals surface area (Å²) in [5.41, 5.74) is 5.09. The van der Waals surface area contributed by atoms with Gasteiger partial charge in [0.05, 0.1) is 24.3 Å². The minimum atomic E-state index is -0.547. The highest BCUT2D eigenvalue weighted by Crippen LogP contribution is 2.40. The van der Waals surface area contributed by atoms with Crippen LogP contribution >= 0.6 is 0 Å². The highest BCUT2D eigenvalue weighted by molar-refractivity contribution is 5.95. The Morgan fingerprint density at radius 1 is 1.27 bits per heavy atom. The van der Waals surface area contributed by atoms with Gasteiger partial charge in [-0.1, -0.05) is 12.1 Å². The molecule has 6 nitrogen and oxygen atoms in total. The molecule has 26 heavy (non-hydrogen) atoms. The predicted octanol–water partition coefficient (Wildman–Crippen LogP) is 3.12. The van der Waals surface area contributed by atoms with E-state index in [1.54, 1.807) is 6.92 Å². The van der Waals surface area contributed by atoms with Crippen LogP contribution in [-0.4, -0.2) is 31.7 Å². The van der Waals surface area contributed by atoms with Crippen LogP contribution in [0.25, 0.3) is 5.57 Å². The van der Waals surface area contributed by atoms with Crippen molar-refractivity contribution in [2.75, 3.05) is 19.1 Å². The van der Waals surface area contributed by atoms with Crippen LogP contribution in [0.1, 0.15) is 44.9 Å². The maximum Gasteiger partial charge on any atom is 0.337 e. The number of rotatable bonds is 2. The van der Waals surface area contributed by atoms with Crippen LogP contribution in [0.2, 0.25) is 0 Å². The van der Waals surface area contributed by atoms with Gasteiger partial charge in [-0.15, -0.1) is 0 Å². The van der Waals surface area contributed by atoms with Gasteiger partial charge in [-0.3, -0.25) is 0 Å². The smallest absolute Gasteiger partial charge is 0.337 e. The number of benzene rings is 1. The van der Waals surface area contributed by atoms with Gasteiger partial charge in [-0.25, -0.2) is 9.59 Å². The molecule has 1 aromatic rings. The molecule has 0 fully saturated rings. The number of urea groups is 1. The van der Waals surface area contributed by atoms with Gasteiger partial charge in [-0.05, 0) is 51.0 Å². The summed E-state index contributed by atoms with van der Waals surface area (Å²) in [4.78, 5) is 26.5. The molecule has 2 aliphatic rings. The summed E-state index contributed by atoms with van der Waals surface area (Å²) < 4.78 is 4.92. The standard InChI is InChI=1S/C20H25N3O3/c1-11-10-20(3,4)23(5)15-8-7-13(9-14(11)15)17-16(18(24)26-6)12(2)21-19(25)22-17/h7-10,17H,1-6H3,(H2,21,22,25). The van der Waals surface area contributed by atoms with Crippen LogP contribution in [0.4, 0.5) is 10.5 Å². The zero-order valence-electron chi connectivity index (χ0n) is 16.1. The van der Waals surface area contributed by atoms with E-state index in [2.05, 4.69) is 49.4 Å². The highest BCUT2D eigenvalue weighted by atomic mass is 16.5. The van der Waals surface area contributed by atoms with E-state index >= 15 is 0 Å². The van der Waals surface area contributed by atoms with E-state index in [1.807, 2.05) is 18.2 Å². The van der Waals surface area contributed by atoms with Crippen molar-refractivity contribution < 1.29 is 14.3 Å². The molecule has 3 rings (SSSR count). The molecular formula is C20H25N3O3. The van der Waals surface area contributed by atoms with Crippen LogP contribution in [0, 0.1) is 0 Å². The van der Waals surface area contributed by atoms with Crippen LogP contribution in [0.3, 0.4) is 0 Å². The third-order valence-corrected chi connectivity index (χ3v) is 5.25. The van der Waals surface area contributed by atoms with Gasteiger partial charge in [0.1, 0.15) is 0 Å². The number of allylic oxidation sites excluding steroid dienone is 2. The molecule has 0 radical (unpaired) electrons. The summed E-state index contributed by atoms with van der Waals surface area (Å²) in [6, 6.07) is 5.16. The number of carbonyl (C=O) groups is 2. The SMILES string of the molecule is COC(=O)C1=C(C)NC(=O)NC1c1ccc2c(c1)C(C)=CC(C)(C)N2C. The number of likely N-dealkylation sites (N-methyl/N-ethyl adjacent to an activating group) is 1. The van der Waals surface area contributed by atoms with E-state index in [0.717, 1.165) is 16.8 Å². The Kier molecular flexibility index (Phi) is 4.30. The highest BCUT2D eigenvalue weighted by Gasteiger charge is 2.34. The number of nitrogens with zero attached hydrogens (tertiary/aromatic N) is 1. The topological polar surface area (TPSA) is 70.7 Å². The number of fused-ring (bicyclic) bond motifs is 1. The van der Waals surface area contributed by atoms with E-state index in [0.29, 0.717) is 11.3 Å². The molecule has 1 aromatic carbocycles. The van der Waals surface area contributed by atoms with Gasteiger partial charge in [0.15, 0.2) is 0 Å². The van der Waals surface area contributed by atoms with Crippen LogP contribution in [0.15, 0.2) is 35.5 Å². The summed E-state index contributed by atoms with van der Waals surface area (Å²) in [6.45, 7) is 8.13. The minimum absolute atomic E-state index is 0.0742. The van der Waals surface area contributed by atoms with Crippen molar-refractivity contribution in [3.05, 3.63) is 46.7 Å². The number of esters is 1. The number of hydrogen-bond donors (Lipinski definition) is 2. The first-order valence-corrected chi connectivity index (χ1v) is 8.60. The maximum atomic E-state index is 12.3. The molecule has 2 aliphatic heterocycles. The van der Waals surface area contributed by atoms with Gasteiger partial charge < -0.3 is 20.3 Å². The lowest BCUT2D eigenvalue weighted by Gasteiger charge is -2.41. The van der Waals surface area contributed by atoms with Gasteiger partial charge in [0.2, 0.25) is 0 Å². The van der Waals surface area contributed by atoms with E-state index in [9.17, 15) is 9.59 Å². The number of hydrogen-bond acceptors (Lipinski definition) is 4. The van der Waals surface area contributed by atoms with Crippen molar-refractivity contribution in [2.24, 2.45) is 0 Å². The first-order chi connectivity index (χ1) is 12.2. The molecule has 0 aliphatic carbocycles. The number of methoxy groups -OCH3 is 1. The third-order valence-electron chi connectivity index (χ3n) is 5.25. The van der Waals surface area contributed by atoms with Gasteiger partial charge in [-0.2, -0.15) is 0 Å². The molecule has 2 amide bonds. The summed E-state index contributed by atoms with van der Waals surface area (Å²) in [5, 5.41) is 5.48. The fraction of sp³-hybridized carbons (Fsp3) is 0.400. The summed E-state index contributed by atoms with van der Waals surface area (Å²) in [5.74, 6) is -0.455. The van der Waals surface area contributed by atoms with Crippen molar-refractivity contribution >= 4 is 23.3 Å². The summed E-state index contributed by atoms with van der Waals surface area (Å²) >= 11 is 0. The van der Waals surface area contributed by atoms with Gasteiger partial charge in [0.25, 0.3) is 0 Å². The van der Waals surface area contributed by atoms with E-state index in [-0.39, 0.29) is 11.6 Å². The fourth-order valence-electron chi connectivity index (χ4n) is 3.68. The Labute approximate surface area is 153 Å². The quantitative estimate of drug-likeness (QED) is 0.800. The lowest BCUT2D eigenvalue weighted by atomic mass is 9.86. The minimum Gasteiger partial charge on any atom is -0.466 e. The van der Waals surface area contributed by atoms with Crippen molar-refractivity contribution in [1.29, 1.82) is 0 Å². The summed E-state index contributed by atoms with van der Waals surface area (Å²) in [6.07, 6.45) is 2.22. The molecule has 2 heterocycles. The van der Waals surface area contributed by atoms with Crippen molar-refractivity contribution in [2.45, 2.75) is 39.3 Å². The van der Waals surface area contributed by atoms with Crippen molar-refractivity contribution in [3.8, 4) is 0 Å². The van der Waals surface area contributed by atoms with Crippen LogP contribution < -0.4 is 15.5 Å². The molecule has 1 atom stereocenters. The molecule has 6 heteroatoms. The normalized spacial score (nSPS) is 21.5. The number of nitrogens with one attached hydrogen (secondary N) is 2. The molecule has 0 bridgehead atoms. The number of carbonyl (C=O) groups excluding carboxylic acids is 2. The van der Waals surface area contributed by atoms with E-state index in [4.69, 9.17) is 4.74 Å².